The Morgan fingerprint density at radius 2 is 1.79 bits per heavy atom. The van der Waals surface area contributed by atoms with Crippen LogP contribution in [-0.2, 0) is 17.9 Å². The van der Waals surface area contributed by atoms with Crippen molar-refractivity contribution >= 4 is 5.97 Å². The molecule has 19 heavy (non-hydrogen) atoms. The number of aliphatic carboxylic acids is 1. The zero-order valence-corrected chi connectivity index (χ0v) is 10.5. The van der Waals surface area contributed by atoms with Crippen molar-refractivity contribution in [3.8, 4) is 0 Å². The lowest BCUT2D eigenvalue weighted by Gasteiger charge is -2.21. The van der Waals surface area contributed by atoms with Gasteiger partial charge in [0.1, 0.15) is 6.04 Å². The standard InChI is InChI=1S/C16H15NO2/c18-16(19)15-14-9-5-4-8-13(14)11-17(15)10-12-6-2-1-3-7-12/h1-9,15H,10-11H2,(H,18,19). The van der Waals surface area contributed by atoms with Crippen molar-refractivity contribution in [3.05, 3.63) is 71.3 Å². The molecule has 1 aliphatic rings. The average Bonchev–Trinajstić information content (AvgIpc) is 2.77. The Kier molecular flexibility index (Phi) is 3.05. The van der Waals surface area contributed by atoms with E-state index < -0.39 is 12.0 Å². The maximum absolute atomic E-state index is 11.5. The largest absolute Gasteiger partial charge is 0.480 e. The third kappa shape index (κ3) is 2.25. The molecule has 1 heterocycles. The zero-order valence-electron chi connectivity index (χ0n) is 10.5. The molecule has 0 fully saturated rings. The highest BCUT2D eigenvalue weighted by molar-refractivity contribution is 5.77. The number of hydrogen-bond acceptors (Lipinski definition) is 2. The van der Waals surface area contributed by atoms with E-state index in [2.05, 4.69) is 0 Å². The molecule has 0 saturated heterocycles. The quantitative estimate of drug-likeness (QED) is 0.914. The van der Waals surface area contributed by atoms with Gasteiger partial charge in [-0.25, -0.2) is 0 Å². The highest BCUT2D eigenvalue weighted by Gasteiger charge is 2.34. The van der Waals surface area contributed by atoms with Crippen LogP contribution in [0.3, 0.4) is 0 Å². The molecule has 0 radical (unpaired) electrons. The van der Waals surface area contributed by atoms with Crippen molar-refractivity contribution < 1.29 is 9.90 Å². The van der Waals surface area contributed by atoms with Gasteiger partial charge in [-0.3, -0.25) is 9.69 Å². The topological polar surface area (TPSA) is 40.5 Å². The van der Waals surface area contributed by atoms with Crippen molar-refractivity contribution in [2.24, 2.45) is 0 Å². The summed E-state index contributed by atoms with van der Waals surface area (Å²) in [5.74, 6) is -0.777. The molecule has 3 nitrogen and oxygen atoms in total. The number of hydrogen-bond donors (Lipinski definition) is 1. The van der Waals surface area contributed by atoms with Crippen molar-refractivity contribution in [2.75, 3.05) is 0 Å². The summed E-state index contributed by atoms with van der Waals surface area (Å²) in [5.41, 5.74) is 3.18. The zero-order chi connectivity index (χ0) is 13.2. The number of rotatable bonds is 3. The number of nitrogens with zero attached hydrogens (tertiary/aromatic N) is 1. The monoisotopic (exact) mass is 253 g/mol. The molecule has 0 saturated carbocycles. The fourth-order valence-electron chi connectivity index (χ4n) is 2.71. The van der Waals surface area contributed by atoms with E-state index >= 15 is 0 Å². The summed E-state index contributed by atoms with van der Waals surface area (Å²) in [5, 5.41) is 9.47. The molecule has 1 aliphatic heterocycles. The first-order valence-corrected chi connectivity index (χ1v) is 6.34. The molecule has 2 aromatic carbocycles. The van der Waals surface area contributed by atoms with E-state index in [1.807, 2.05) is 59.5 Å². The van der Waals surface area contributed by atoms with Gasteiger partial charge >= 0.3 is 5.97 Å². The minimum absolute atomic E-state index is 0.531. The molecule has 0 aromatic heterocycles. The van der Waals surface area contributed by atoms with Crippen LogP contribution >= 0.6 is 0 Å². The SMILES string of the molecule is O=C(O)C1c2ccccc2CN1Cc1ccccc1. The molecule has 3 rings (SSSR count). The van der Waals surface area contributed by atoms with Crippen LogP contribution in [-0.4, -0.2) is 16.0 Å². The highest BCUT2D eigenvalue weighted by Crippen LogP contribution is 2.34. The van der Waals surface area contributed by atoms with E-state index in [1.54, 1.807) is 0 Å². The molecule has 1 unspecified atom stereocenters. The van der Waals surface area contributed by atoms with E-state index in [4.69, 9.17) is 0 Å². The lowest BCUT2D eigenvalue weighted by molar-refractivity contribution is -0.143. The Morgan fingerprint density at radius 3 is 2.53 bits per heavy atom. The van der Waals surface area contributed by atoms with E-state index in [9.17, 15) is 9.90 Å². The van der Waals surface area contributed by atoms with Crippen LogP contribution in [0.25, 0.3) is 0 Å². The molecule has 0 bridgehead atoms. The van der Waals surface area contributed by atoms with Crippen molar-refractivity contribution in [1.82, 2.24) is 4.90 Å². The van der Waals surface area contributed by atoms with Gasteiger partial charge in [-0.15, -0.1) is 0 Å². The van der Waals surface area contributed by atoms with Crippen LogP contribution in [0.1, 0.15) is 22.7 Å². The van der Waals surface area contributed by atoms with Gasteiger partial charge in [0.25, 0.3) is 0 Å². The van der Waals surface area contributed by atoms with E-state index in [0.717, 1.165) is 16.7 Å². The normalized spacial score (nSPS) is 18.2. The summed E-state index contributed by atoms with van der Waals surface area (Å²) in [6, 6.07) is 17.2. The number of carboxylic acid groups (broad SMARTS) is 1. The van der Waals surface area contributed by atoms with Crippen LogP contribution in [0.2, 0.25) is 0 Å². The first kappa shape index (κ1) is 11.9. The van der Waals surface area contributed by atoms with Gasteiger partial charge in [0, 0.05) is 13.1 Å². The van der Waals surface area contributed by atoms with Crippen LogP contribution < -0.4 is 0 Å². The summed E-state index contributed by atoms with van der Waals surface area (Å²) in [6.07, 6.45) is 0. The summed E-state index contributed by atoms with van der Waals surface area (Å²) < 4.78 is 0. The van der Waals surface area contributed by atoms with Crippen LogP contribution in [0.4, 0.5) is 0 Å². The minimum atomic E-state index is -0.777. The summed E-state index contributed by atoms with van der Waals surface area (Å²) >= 11 is 0. The fourth-order valence-corrected chi connectivity index (χ4v) is 2.71. The Bertz CT molecular complexity index is 595. The fraction of sp³-hybridized carbons (Fsp3) is 0.188. The molecule has 1 N–H and O–H groups in total. The molecule has 1 atom stereocenters. The Labute approximate surface area is 112 Å². The first-order valence-electron chi connectivity index (χ1n) is 6.34. The second-order valence-electron chi connectivity index (χ2n) is 4.83. The van der Waals surface area contributed by atoms with Gasteiger partial charge in [-0.1, -0.05) is 54.6 Å². The van der Waals surface area contributed by atoms with E-state index in [1.165, 1.54) is 0 Å². The molecule has 96 valence electrons. The second-order valence-corrected chi connectivity index (χ2v) is 4.83. The third-order valence-corrected chi connectivity index (χ3v) is 3.55. The molecule has 0 spiro atoms. The number of carbonyl (C=O) groups is 1. The van der Waals surface area contributed by atoms with Gasteiger partial charge < -0.3 is 5.11 Å². The van der Waals surface area contributed by atoms with Gasteiger partial charge in [0.15, 0.2) is 0 Å². The second kappa shape index (κ2) is 4.86. The number of fused-ring (bicyclic) bond motifs is 1. The lowest BCUT2D eigenvalue weighted by atomic mass is 10.1. The average molecular weight is 253 g/mol. The van der Waals surface area contributed by atoms with Crippen LogP contribution in [0.15, 0.2) is 54.6 Å². The Morgan fingerprint density at radius 1 is 1.11 bits per heavy atom. The summed E-state index contributed by atoms with van der Waals surface area (Å²) in [6.45, 7) is 1.36. The van der Waals surface area contributed by atoms with Gasteiger partial charge in [0.05, 0.1) is 0 Å². The van der Waals surface area contributed by atoms with Crippen molar-refractivity contribution in [3.63, 3.8) is 0 Å². The lowest BCUT2D eigenvalue weighted by Crippen LogP contribution is -2.27. The Hall–Kier alpha value is -2.13. The third-order valence-electron chi connectivity index (χ3n) is 3.55. The van der Waals surface area contributed by atoms with Crippen LogP contribution in [0.5, 0.6) is 0 Å². The minimum Gasteiger partial charge on any atom is -0.480 e. The smallest absolute Gasteiger partial charge is 0.325 e. The highest BCUT2D eigenvalue weighted by atomic mass is 16.4. The molecular weight excluding hydrogens is 238 g/mol. The van der Waals surface area contributed by atoms with Crippen molar-refractivity contribution in [2.45, 2.75) is 19.1 Å². The molecule has 0 aliphatic carbocycles. The van der Waals surface area contributed by atoms with Crippen LogP contribution in [0, 0.1) is 0 Å². The Balaban J connectivity index is 1.89. The van der Waals surface area contributed by atoms with E-state index in [-0.39, 0.29) is 0 Å². The maximum Gasteiger partial charge on any atom is 0.325 e. The van der Waals surface area contributed by atoms with Gasteiger partial charge in [0.2, 0.25) is 0 Å². The van der Waals surface area contributed by atoms with Gasteiger partial charge in [-0.2, -0.15) is 0 Å². The number of carboxylic acids is 1. The molecule has 3 heteroatoms. The van der Waals surface area contributed by atoms with Crippen molar-refractivity contribution in [1.29, 1.82) is 0 Å². The van der Waals surface area contributed by atoms with Gasteiger partial charge in [-0.05, 0) is 16.7 Å². The molecular formula is C16H15NO2. The van der Waals surface area contributed by atoms with E-state index in [0.29, 0.717) is 13.1 Å². The maximum atomic E-state index is 11.5. The predicted octanol–water partition coefficient (Wildman–Crippen LogP) is 2.83. The predicted molar refractivity (Wildman–Crippen MR) is 72.5 cm³/mol. The first-order chi connectivity index (χ1) is 9.25. The number of benzene rings is 2. The summed E-state index contributed by atoms with van der Waals surface area (Å²) in [4.78, 5) is 13.5. The summed E-state index contributed by atoms with van der Waals surface area (Å²) in [7, 11) is 0. The molecule has 2 aromatic rings. The molecule has 0 amide bonds.